The summed E-state index contributed by atoms with van der Waals surface area (Å²) < 4.78 is 0. The molecule has 3 aromatic rings. The highest BCUT2D eigenvalue weighted by molar-refractivity contribution is 7.15. The predicted octanol–water partition coefficient (Wildman–Crippen LogP) is 4.20. The van der Waals surface area contributed by atoms with Crippen LogP contribution in [-0.2, 0) is 16.0 Å². The quantitative estimate of drug-likeness (QED) is 0.681. The number of hydrogen-bond donors (Lipinski definition) is 1. The fourth-order valence-electron chi connectivity index (χ4n) is 3.41. The lowest BCUT2D eigenvalue weighted by atomic mass is 9.97. The van der Waals surface area contributed by atoms with Crippen LogP contribution in [-0.4, -0.2) is 22.0 Å². The van der Waals surface area contributed by atoms with Crippen molar-refractivity contribution in [2.24, 2.45) is 5.92 Å². The molecular formula is C20H20N4O2S2. The molecule has 0 bridgehead atoms. The number of thiophene rings is 1. The molecule has 2 aromatic heterocycles. The third kappa shape index (κ3) is 3.57. The molecule has 6 nitrogen and oxygen atoms in total. The lowest BCUT2D eigenvalue weighted by molar-refractivity contribution is -0.122. The summed E-state index contributed by atoms with van der Waals surface area (Å²) in [7, 11) is 0. The fraction of sp³-hybridized carbons (Fsp3) is 0.300. The number of carbonyl (C=O) groups is 2. The molecule has 2 amide bonds. The molecule has 2 atom stereocenters. The van der Waals surface area contributed by atoms with Gasteiger partial charge in [-0.25, -0.2) is 0 Å². The molecule has 0 radical (unpaired) electrons. The second-order valence-electron chi connectivity index (χ2n) is 6.71. The number of aromatic nitrogens is 2. The van der Waals surface area contributed by atoms with Crippen molar-refractivity contribution in [3.05, 3.63) is 57.2 Å². The first-order valence-corrected chi connectivity index (χ1v) is 10.8. The molecule has 1 fully saturated rings. The number of amides is 2. The summed E-state index contributed by atoms with van der Waals surface area (Å²) in [5, 5.41) is 14.3. The second-order valence-corrected chi connectivity index (χ2v) is 8.76. The zero-order valence-corrected chi connectivity index (χ0v) is 17.2. The third-order valence-corrected chi connectivity index (χ3v) is 6.73. The molecule has 144 valence electrons. The van der Waals surface area contributed by atoms with Gasteiger partial charge in [0.15, 0.2) is 0 Å². The SMILES string of the molecule is CCc1nnc(NC(=O)[C@H]2CC(=O)N(c3ccc(C)cc3)[C@@H]2c2cccs2)s1. The Hall–Kier alpha value is -2.58. The van der Waals surface area contributed by atoms with E-state index in [1.165, 1.54) is 11.3 Å². The smallest absolute Gasteiger partial charge is 0.232 e. The molecule has 1 saturated heterocycles. The van der Waals surface area contributed by atoms with Crippen molar-refractivity contribution in [2.75, 3.05) is 10.2 Å². The minimum atomic E-state index is -0.485. The zero-order valence-electron chi connectivity index (χ0n) is 15.6. The molecule has 1 aliphatic heterocycles. The van der Waals surface area contributed by atoms with Crippen LogP contribution in [0.2, 0.25) is 0 Å². The molecule has 0 unspecified atom stereocenters. The van der Waals surface area contributed by atoms with E-state index in [2.05, 4.69) is 15.5 Å². The first-order valence-electron chi connectivity index (χ1n) is 9.12. The standard InChI is InChI=1S/C20H20N4O2S2/c1-3-16-22-23-20(28-16)21-19(26)14-11-17(25)24(13-8-6-12(2)7-9-13)18(14)15-5-4-10-27-15/h4-10,14,18H,3,11H2,1-2H3,(H,21,23,26)/t14-,18-/m0/s1. The minimum Gasteiger partial charge on any atom is -0.303 e. The number of nitrogens with one attached hydrogen (secondary N) is 1. The van der Waals surface area contributed by atoms with Crippen molar-refractivity contribution in [1.29, 1.82) is 0 Å². The highest BCUT2D eigenvalue weighted by Gasteiger charge is 2.46. The molecule has 0 spiro atoms. The van der Waals surface area contributed by atoms with Crippen LogP contribution in [0.5, 0.6) is 0 Å². The molecule has 28 heavy (non-hydrogen) atoms. The third-order valence-electron chi connectivity index (χ3n) is 4.81. The van der Waals surface area contributed by atoms with E-state index in [4.69, 9.17) is 0 Å². The molecule has 1 aliphatic rings. The van der Waals surface area contributed by atoms with E-state index in [1.807, 2.05) is 55.6 Å². The average Bonchev–Trinajstić information content (AvgIpc) is 3.42. The number of anilines is 2. The summed E-state index contributed by atoms with van der Waals surface area (Å²) in [6, 6.07) is 11.4. The van der Waals surface area contributed by atoms with Crippen molar-refractivity contribution in [1.82, 2.24) is 10.2 Å². The number of carbonyl (C=O) groups excluding carboxylic acids is 2. The Morgan fingerprint density at radius 2 is 2.04 bits per heavy atom. The number of nitrogens with zero attached hydrogens (tertiary/aromatic N) is 3. The Bertz CT molecular complexity index is 982. The molecule has 4 rings (SSSR count). The Kier molecular flexibility index (Phi) is 5.23. The van der Waals surface area contributed by atoms with Gasteiger partial charge >= 0.3 is 0 Å². The molecule has 8 heteroatoms. The summed E-state index contributed by atoms with van der Waals surface area (Å²) in [5.41, 5.74) is 1.94. The highest BCUT2D eigenvalue weighted by atomic mass is 32.1. The van der Waals surface area contributed by atoms with Gasteiger partial charge in [-0.1, -0.05) is 42.0 Å². The van der Waals surface area contributed by atoms with Crippen LogP contribution >= 0.6 is 22.7 Å². The van der Waals surface area contributed by atoms with E-state index < -0.39 is 5.92 Å². The van der Waals surface area contributed by atoms with Crippen molar-refractivity contribution in [2.45, 2.75) is 32.7 Å². The highest BCUT2D eigenvalue weighted by Crippen LogP contribution is 2.43. The van der Waals surface area contributed by atoms with Crippen LogP contribution in [0.3, 0.4) is 0 Å². The van der Waals surface area contributed by atoms with Crippen molar-refractivity contribution in [3.63, 3.8) is 0 Å². The van der Waals surface area contributed by atoms with Crippen LogP contribution in [0.25, 0.3) is 0 Å². The summed E-state index contributed by atoms with van der Waals surface area (Å²) in [5.74, 6) is -0.726. The largest absolute Gasteiger partial charge is 0.303 e. The molecule has 0 aliphatic carbocycles. The van der Waals surface area contributed by atoms with Crippen molar-refractivity contribution in [3.8, 4) is 0 Å². The molecular weight excluding hydrogens is 392 g/mol. The van der Waals surface area contributed by atoms with Crippen LogP contribution in [0, 0.1) is 12.8 Å². The van der Waals surface area contributed by atoms with Gasteiger partial charge in [-0.3, -0.25) is 9.59 Å². The maximum absolute atomic E-state index is 13.0. The van der Waals surface area contributed by atoms with Gasteiger partial charge in [-0.05, 0) is 36.9 Å². The summed E-state index contributed by atoms with van der Waals surface area (Å²) >= 11 is 2.93. The Morgan fingerprint density at radius 3 is 2.68 bits per heavy atom. The van der Waals surface area contributed by atoms with Crippen LogP contribution in [0.4, 0.5) is 10.8 Å². The fourth-order valence-corrected chi connectivity index (χ4v) is 4.97. The number of hydrogen-bond acceptors (Lipinski definition) is 6. The summed E-state index contributed by atoms with van der Waals surface area (Å²) in [6.45, 7) is 4.00. The normalized spacial score (nSPS) is 19.2. The lowest BCUT2D eigenvalue weighted by Gasteiger charge is -2.27. The van der Waals surface area contributed by atoms with Gasteiger partial charge in [0.2, 0.25) is 16.9 Å². The van der Waals surface area contributed by atoms with Gasteiger partial charge in [0.05, 0.1) is 12.0 Å². The molecule has 1 N–H and O–H groups in total. The monoisotopic (exact) mass is 412 g/mol. The van der Waals surface area contributed by atoms with E-state index in [9.17, 15) is 9.59 Å². The molecule has 0 saturated carbocycles. The van der Waals surface area contributed by atoms with Gasteiger partial charge in [-0.15, -0.1) is 21.5 Å². The maximum atomic E-state index is 13.0. The number of benzene rings is 1. The van der Waals surface area contributed by atoms with E-state index in [0.717, 1.165) is 27.6 Å². The van der Waals surface area contributed by atoms with Crippen LogP contribution < -0.4 is 10.2 Å². The summed E-state index contributed by atoms with van der Waals surface area (Å²) in [4.78, 5) is 28.7. The van der Waals surface area contributed by atoms with Gasteiger partial charge in [0, 0.05) is 17.0 Å². The van der Waals surface area contributed by atoms with E-state index in [1.54, 1.807) is 16.2 Å². The minimum absolute atomic E-state index is 0.0473. The number of rotatable bonds is 5. The maximum Gasteiger partial charge on any atom is 0.232 e. The number of aryl methyl sites for hydroxylation is 2. The lowest BCUT2D eigenvalue weighted by Crippen LogP contribution is -2.31. The van der Waals surface area contributed by atoms with E-state index >= 15 is 0 Å². The predicted molar refractivity (Wildman–Crippen MR) is 112 cm³/mol. The first-order chi connectivity index (χ1) is 13.6. The van der Waals surface area contributed by atoms with Crippen molar-refractivity contribution >= 4 is 45.3 Å². The zero-order chi connectivity index (χ0) is 19.7. The van der Waals surface area contributed by atoms with Gasteiger partial charge in [0.1, 0.15) is 5.01 Å². The van der Waals surface area contributed by atoms with E-state index in [-0.39, 0.29) is 24.3 Å². The molecule has 1 aromatic carbocycles. The topological polar surface area (TPSA) is 75.2 Å². The van der Waals surface area contributed by atoms with Crippen LogP contribution in [0.1, 0.15) is 34.8 Å². The average molecular weight is 413 g/mol. The second kappa shape index (κ2) is 7.81. The van der Waals surface area contributed by atoms with Crippen LogP contribution in [0.15, 0.2) is 41.8 Å². The Morgan fingerprint density at radius 1 is 1.25 bits per heavy atom. The van der Waals surface area contributed by atoms with Gasteiger partial charge in [-0.2, -0.15) is 0 Å². The summed E-state index contributed by atoms with van der Waals surface area (Å²) in [6.07, 6.45) is 0.941. The van der Waals surface area contributed by atoms with Gasteiger partial charge < -0.3 is 10.2 Å². The molecule has 3 heterocycles. The van der Waals surface area contributed by atoms with Crippen molar-refractivity contribution < 1.29 is 9.59 Å². The first kappa shape index (κ1) is 18.8. The Labute approximate surface area is 171 Å². The van der Waals surface area contributed by atoms with Gasteiger partial charge in [0.25, 0.3) is 0 Å². The van der Waals surface area contributed by atoms with E-state index in [0.29, 0.717) is 5.13 Å². The Balaban J connectivity index is 1.65.